The summed E-state index contributed by atoms with van der Waals surface area (Å²) in [5.74, 6) is -0.460. The first-order valence-corrected chi connectivity index (χ1v) is 12.9. The smallest absolute Gasteiger partial charge is 0.245 e. The fraction of sp³-hybridized carbons (Fsp3) is 0.211. The van der Waals surface area contributed by atoms with Gasteiger partial charge in [0.15, 0.2) is 0 Å². The number of nitrogens with zero attached hydrogens (tertiary/aromatic N) is 3. The van der Waals surface area contributed by atoms with Crippen LogP contribution in [0.15, 0.2) is 51.8 Å². The van der Waals surface area contributed by atoms with Crippen molar-refractivity contribution in [2.45, 2.75) is 23.8 Å². The molecule has 0 radical (unpaired) electrons. The molecule has 31 heavy (non-hydrogen) atoms. The van der Waals surface area contributed by atoms with E-state index in [1.807, 2.05) is 24.3 Å². The number of amides is 1. The molecule has 1 fully saturated rings. The fourth-order valence-electron chi connectivity index (χ4n) is 3.26. The molecule has 1 N–H and O–H groups in total. The van der Waals surface area contributed by atoms with Crippen molar-refractivity contribution in [2.75, 3.05) is 11.9 Å². The van der Waals surface area contributed by atoms with Crippen LogP contribution in [-0.2, 0) is 14.8 Å². The van der Waals surface area contributed by atoms with Crippen LogP contribution >= 0.6 is 50.5 Å². The molecular weight excluding hydrogens is 547 g/mol. The van der Waals surface area contributed by atoms with Gasteiger partial charge in [-0.15, -0.1) is 10.2 Å². The third-order valence-electron chi connectivity index (χ3n) is 4.73. The summed E-state index contributed by atoms with van der Waals surface area (Å²) in [6.45, 7) is 0.212. The maximum Gasteiger partial charge on any atom is 0.245 e. The first kappa shape index (κ1) is 22.6. The molecule has 0 bridgehead atoms. The Bertz CT molecular complexity index is 1240. The van der Waals surface area contributed by atoms with Gasteiger partial charge in [-0.2, -0.15) is 4.31 Å². The quantitative estimate of drug-likeness (QED) is 0.469. The van der Waals surface area contributed by atoms with Crippen LogP contribution in [0.1, 0.15) is 12.8 Å². The van der Waals surface area contributed by atoms with E-state index in [1.165, 1.54) is 29.5 Å². The summed E-state index contributed by atoms with van der Waals surface area (Å²) in [6, 6.07) is 10.9. The molecule has 1 aromatic heterocycles. The zero-order chi connectivity index (χ0) is 22.2. The van der Waals surface area contributed by atoms with Crippen molar-refractivity contribution in [3.8, 4) is 10.6 Å². The minimum absolute atomic E-state index is 0.0544. The number of anilines is 1. The van der Waals surface area contributed by atoms with E-state index in [2.05, 4.69) is 31.4 Å². The Labute approximate surface area is 201 Å². The van der Waals surface area contributed by atoms with Crippen LogP contribution in [0.25, 0.3) is 10.6 Å². The molecule has 0 spiro atoms. The fourth-order valence-corrected chi connectivity index (χ4v) is 6.67. The molecule has 1 saturated heterocycles. The van der Waals surface area contributed by atoms with E-state index in [9.17, 15) is 13.2 Å². The van der Waals surface area contributed by atoms with Gasteiger partial charge in [0.05, 0.1) is 5.02 Å². The molecule has 1 aliphatic rings. The van der Waals surface area contributed by atoms with E-state index < -0.39 is 22.0 Å². The monoisotopic (exact) mass is 560 g/mol. The molecule has 12 heteroatoms. The van der Waals surface area contributed by atoms with Gasteiger partial charge in [-0.1, -0.05) is 62.6 Å². The Hall–Kier alpha value is -1.56. The van der Waals surface area contributed by atoms with Gasteiger partial charge in [0, 0.05) is 21.6 Å². The lowest BCUT2D eigenvalue weighted by molar-refractivity contribution is -0.119. The Kier molecular flexibility index (Phi) is 6.66. The molecule has 2 heterocycles. The van der Waals surface area contributed by atoms with Crippen molar-refractivity contribution >= 4 is 71.5 Å². The van der Waals surface area contributed by atoms with Gasteiger partial charge < -0.3 is 0 Å². The summed E-state index contributed by atoms with van der Waals surface area (Å²) >= 11 is 16.7. The third kappa shape index (κ3) is 4.79. The van der Waals surface area contributed by atoms with Gasteiger partial charge in [-0.3, -0.25) is 10.1 Å². The molecule has 0 aliphatic carbocycles. The Morgan fingerprint density at radius 1 is 1.16 bits per heavy atom. The molecule has 7 nitrogen and oxygen atoms in total. The van der Waals surface area contributed by atoms with Crippen LogP contribution in [0.5, 0.6) is 0 Å². The first-order chi connectivity index (χ1) is 14.8. The topological polar surface area (TPSA) is 92.3 Å². The van der Waals surface area contributed by atoms with Crippen molar-refractivity contribution in [2.24, 2.45) is 0 Å². The van der Waals surface area contributed by atoms with Crippen LogP contribution in [0, 0.1) is 0 Å². The molecule has 0 unspecified atom stereocenters. The zero-order valence-corrected chi connectivity index (χ0v) is 20.5. The van der Waals surface area contributed by atoms with E-state index in [4.69, 9.17) is 23.2 Å². The van der Waals surface area contributed by atoms with E-state index >= 15 is 0 Å². The number of aromatic nitrogens is 2. The van der Waals surface area contributed by atoms with E-state index in [1.54, 1.807) is 0 Å². The molecule has 2 aromatic carbocycles. The number of rotatable bonds is 5. The highest BCUT2D eigenvalue weighted by Gasteiger charge is 2.40. The van der Waals surface area contributed by atoms with Gasteiger partial charge in [-0.25, -0.2) is 8.42 Å². The van der Waals surface area contributed by atoms with Gasteiger partial charge >= 0.3 is 0 Å². The van der Waals surface area contributed by atoms with Crippen molar-refractivity contribution in [1.29, 1.82) is 0 Å². The van der Waals surface area contributed by atoms with Crippen LogP contribution in [-0.4, -0.2) is 41.4 Å². The standard InChI is InChI=1S/C19H15BrCl2N4O3S2/c20-12-5-3-11(4-6-12)18-24-25-19(30-18)23-17(27)15-2-1-9-26(15)31(28,29)16-10-13(21)7-8-14(16)22/h3-8,10,15H,1-2,9H2,(H,23,25,27)/t15-/m0/s1. The number of sulfonamides is 1. The maximum atomic E-state index is 13.2. The number of nitrogens with one attached hydrogen (secondary N) is 1. The van der Waals surface area contributed by atoms with Crippen LogP contribution in [0.4, 0.5) is 5.13 Å². The number of halogens is 3. The second kappa shape index (κ2) is 9.13. The van der Waals surface area contributed by atoms with Gasteiger partial charge in [0.1, 0.15) is 15.9 Å². The normalized spacial score (nSPS) is 17.1. The van der Waals surface area contributed by atoms with Crippen molar-refractivity contribution in [1.82, 2.24) is 14.5 Å². The highest BCUT2D eigenvalue weighted by Crippen LogP contribution is 2.33. The minimum Gasteiger partial charge on any atom is -0.299 e. The summed E-state index contributed by atoms with van der Waals surface area (Å²) < 4.78 is 28.4. The molecular formula is C19H15BrCl2N4O3S2. The third-order valence-corrected chi connectivity index (χ3v) is 8.77. The Morgan fingerprint density at radius 2 is 1.90 bits per heavy atom. The lowest BCUT2D eigenvalue weighted by Gasteiger charge is -2.23. The van der Waals surface area contributed by atoms with Gasteiger partial charge in [0.25, 0.3) is 0 Å². The number of hydrogen-bond acceptors (Lipinski definition) is 6. The van der Waals surface area contributed by atoms with Crippen LogP contribution in [0.3, 0.4) is 0 Å². The molecule has 1 aliphatic heterocycles. The summed E-state index contributed by atoms with van der Waals surface area (Å²) in [7, 11) is -4.00. The van der Waals surface area contributed by atoms with Crippen LogP contribution in [0.2, 0.25) is 10.0 Å². The summed E-state index contributed by atoms with van der Waals surface area (Å²) in [6.07, 6.45) is 0.942. The Balaban J connectivity index is 1.53. The Morgan fingerprint density at radius 3 is 2.65 bits per heavy atom. The molecule has 3 aromatic rings. The molecule has 0 saturated carbocycles. The average molecular weight is 562 g/mol. The summed E-state index contributed by atoms with van der Waals surface area (Å²) in [5.41, 5.74) is 0.863. The highest BCUT2D eigenvalue weighted by molar-refractivity contribution is 9.10. The predicted octanol–water partition coefficient (Wildman–Crippen LogP) is 5.07. The lowest BCUT2D eigenvalue weighted by Crippen LogP contribution is -2.43. The summed E-state index contributed by atoms with van der Waals surface area (Å²) in [4.78, 5) is 12.8. The van der Waals surface area contributed by atoms with E-state index in [0.29, 0.717) is 23.0 Å². The van der Waals surface area contributed by atoms with Gasteiger partial charge in [0.2, 0.25) is 21.1 Å². The van der Waals surface area contributed by atoms with Crippen molar-refractivity contribution < 1.29 is 13.2 Å². The minimum atomic E-state index is -4.00. The average Bonchev–Trinajstić information content (AvgIpc) is 3.40. The van der Waals surface area contributed by atoms with Crippen LogP contribution < -0.4 is 5.32 Å². The lowest BCUT2D eigenvalue weighted by atomic mass is 10.2. The maximum absolute atomic E-state index is 13.2. The molecule has 4 rings (SSSR count). The number of hydrogen-bond donors (Lipinski definition) is 1. The SMILES string of the molecule is O=C(Nc1nnc(-c2ccc(Br)cc2)s1)[C@@H]1CCCN1S(=O)(=O)c1cc(Cl)ccc1Cl. The van der Waals surface area contributed by atoms with E-state index in [-0.39, 0.29) is 21.5 Å². The molecule has 162 valence electrons. The second-order valence-electron chi connectivity index (χ2n) is 6.76. The summed E-state index contributed by atoms with van der Waals surface area (Å²) in [5, 5.41) is 12.1. The number of carbonyl (C=O) groups is 1. The predicted molar refractivity (Wildman–Crippen MR) is 125 cm³/mol. The largest absolute Gasteiger partial charge is 0.299 e. The highest BCUT2D eigenvalue weighted by atomic mass is 79.9. The zero-order valence-electron chi connectivity index (χ0n) is 15.8. The van der Waals surface area contributed by atoms with Crippen molar-refractivity contribution in [3.63, 3.8) is 0 Å². The molecule has 1 atom stereocenters. The second-order valence-corrected chi connectivity index (χ2v) is 11.4. The van der Waals surface area contributed by atoms with Crippen molar-refractivity contribution in [3.05, 3.63) is 57.0 Å². The van der Waals surface area contributed by atoms with Gasteiger partial charge in [-0.05, 0) is 43.2 Å². The number of benzene rings is 2. The first-order valence-electron chi connectivity index (χ1n) is 9.13. The number of carbonyl (C=O) groups excluding carboxylic acids is 1. The molecule has 1 amide bonds. The van der Waals surface area contributed by atoms with E-state index in [0.717, 1.165) is 14.3 Å².